The monoisotopic (exact) mass is 329 g/mol. The molecule has 5 heteroatoms. The van der Waals surface area contributed by atoms with Gasteiger partial charge in [0.1, 0.15) is 5.75 Å². The zero-order valence-corrected chi connectivity index (χ0v) is 13.4. The van der Waals surface area contributed by atoms with E-state index in [0.29, 0.717) is 15.1 Å². The molecule has 0 bridgehead atoms. The van der Waals surface area contributed by atoms with Crippen LogP contribution in [0, 0.1) is 0 Å². The Morgan fingerprint density at radius 2 is 1.85 bits per heavy atom. The number of ether oxygens (including phenoxy) is 1. The SMILES string of the molecule is COc1ccc(Cl)cc1NC(C)c1cccc(Cl)c1Cl. The van der Waals surface area contributed by atoms with Gasteiger partial charge in [-0.2, -0.15) is 0 Å². The number of methoxy groups -OCH3 is 1. The summed E-state index contributed by atoms with van der Waals surface area (Å²) in [5.74, 6) is 0.722. The normalized spacial score (nSPS) is 12.1. The fourth-order valence-corrected chi connectivity index (χ4v) is 2.60. The van der Waals surface area contributed by atoms with Crippen molar-refractivity contribution in [1.29, 1.82) is 0 Å². The Labute approximate surface area is 133 Å². The third kappa shape index (κ3) is 3.32. The van der Waals surface area contributed by atoms with Gasteiger partial charge in [-0.05, 0) is 36.8 Å². The number of anilines is 1. The van der Waals surface area contributed by atoms with E-state index in [1.165, 1.54) is 0 Å². The van der Waals surface area contributed by atoms with Gasteiger partial charge >= 0.3 is 0 Å². The molecule has 2 aromatic rings. The summed E-state index contributed by atoms with van der Waals surface area (Å²) < 4.78 is 5.31. The lowest BCUT2D eigenvalue weighted by atomic mass is 10.1. The summed E-state index contributed by atoms with van der Waals surface area (Å²) >= 11 is 18.3. The number of hydrogen-bond acceptors (Lipinski definition) is 2. The Morgan fingerprint density at radius 1 is 1.10 bits per heavy atom. The van der Waals surface area contributed by atoms with E-state index < -0.39 is 0 Å². The van der Waals surface area contributed by atoms with Crippen molar-refractivity contribution < 1.29 is 4.74 Å². The molecule has 106 valence electrons. The van der Waals surface area contributed by atoms with E-state index in [1.54, 1.807) is 19.2 Å². The zero-order valence-electron chi connectivity index (χ0n) is 11.1. The van der Waals surface area contributed by atoms with Gasteiger partial charge in [0.2, 0.25) is 0 Å². The van der Waals surface area contributed by atoms with Crippen LogP contribution in [0.3, 0.4) is 0 Å². The van der Waals surface area contributed by atoms with Crippen molar-refractivity contribution in [3.05, 3.63) is 57.0 Å². The van der Waals surface area contributed by atoms with Crippen LogP contribution >= 0.6 is 34.8 Å². The predicted octanol–water partition coefficient (Wildman–Crippen LogP) is 5.83. The first kappa shape index (κ1) is 15.3. The quantitative estimate of drug-likeness (QED) is 0.761. The minimum Gasteiger partial charge on any atom is -0.495 e. The largest absolute Gasteiger partial charge is 0.495 e. The minimum atomic E-state index is -0.0337. The van der Waals surface area contributed by atoms with E-state index in [1.807, 2.05) is 31.2 Å². The molecule has 2 aromatic carbocycles. The van der Waals surface area contributed by atoms with Gasteiger partial charge in [0.25, 0.3) is 0 Å². The van der Waals surface area contributed by atoms with Gasteiger partial charge in [-0.15, -0.1) is 0 Å². The van der Waals surface area contributed by atoms with Crippen LogP contribution < -0.4 is 10.1 Å². The smallest absolute Gasteiger partial charge is 0.142 e. The standard InChI is InChI=1S/C15H14Cl3NO/c1-9(11-4-3-5-12(17)15(11)18)19-13-8-10(16)6-7-14(13)20-2/h3-9,19H,1-2H3. The zero-order chi connectivity index (χ0) is 14.7. The fraction of sp³-hybridized carbons (Fsp3) is 0.200. The van der Waals surface area contributed by atoms with Gasteiger partial charge in [-0.3, -0.25) is 0 Å². The summed E-state index contributed by atoms with van der Waals surface area (Å²) in [6.07, 6.45) is 0. The summed E-state index contributed by atoms with van der Waals surface area (Å²) in [6, 6.07) is 10.9. The molecule has 1 unspecified atom stereocenters. The van der Waals surface area contributed by atoms with Crippen LogP contribution in [0.2, 0.25) is 15.1 Å². The molecule has 0 aromatic heterocycles. The van der Waals surface area contributed by atoms with Gasteiger partial charge in [-0.25, -0.2) is 0 Å². The number of nitrogens with one attached hydrogen (secondary N) is 1. The molecule has 0 saturated heterocycles. The van der Waals surface area contributed by atoms with Crippen LogP contribution in [-0.4, -0.2) is 7.11 Å². The molecule has 0 aliphatic rings. The molecule has 0 aliphatic heterocycles. The van der Waals surface area contributed by atoms with Crippen molar-refractivity contribution in [2.75, 3.05) is 12.4 Å². The van der Waals surface area contributed by atoms with Gasteiger partial charge in [0.15, 0.2) is 0 Å². The molecule has 2 nitrogen and oxygen atoms in total. The highest BCUT2D eigenvalue weighted by Gasteiger charge is 2.14. The van der Waals surface area contributed by atoms with Crippen molar-refractivity contribution in [3.63, 3.8) is 0 Å². The molecular weight excluding hydrogens is 317 g/mol. The Morgan fingerprint density at radius 3 is 2.55 bits per heavy atom. The molecule has 0 heterocycles. The highest BCUT2D eigenvalue weighted by molar-refractivity contribution is 6.42. The van der Waals surface area contributed by atoms with Crippen molar-refractivity contribution in [2.45, 2.75) is 13.0 Å². The first-order valence-corrected chi connectivity index (χ1v) is 7.20. The number of benzene rings is 2. The van der Waals surface area contributed by atoms with Crippen LogP contribution in [0.15, 0.2) is 36.4 Å². The Kier molecular flexibility index (Phi) is 5.03. The molecule has 2 rings (SSSR count). The van der Waals surface area contributed by atoms with E-state index in [2.05, 4.69) is 5.32 Å². The molecular formula is C15H14Cl3NO. The molecule has 20 heavy (non-hydrogen) atoms. The second kappa shape index (κ2) is 6.57. The molecule has 0 fully saturated rings. The Bertz CT molecular complexity index is 616. The number of hydrogen-bond donors (Lipinski definition) is 1. The molecule has 0 spiro atoms. The average molecular weight is 331 g/mol. The van der Waals surface area contributed by atoms with Crippen molar-refractivity contribution in [1.82, 2.24) is 0 Å². The highest BCUT2D eigenvalue weighted by Crippen LogP contribution is 2.34. The van der Waals surface area contributed by atoms with E-state index in [0.717, 1.165) is 17.0 Å². The van der Waals surface area contributed by atoms with Gasteiger partial charge in [0, 0.05) is 5.02 Å². The fourth-order valence-electron chi connectivity index (χ4n) is 1.96. The van der Waals surface area contributed by atoms with Crippen LogP contribution in [0.1, 0.15) is 18.5 Å². The third-order valence-corrected chi connectivity index (χ3v) is 4.05. The molecule has 0 radical (unpaired) electrons. The maximum absolute atomic E-state index is 6.23. The second-order valence-electron chi connectivity index (χ2n) is 4.35. The maximum Gasteiger partial charge on any atom is 0.142 e. The first-order valence-electron chi connectivity index (χ1n) is 6.07. The van der Waals surface area contributed by atoms with Crippen LogP contribution in [0.25, 0.3) is 0 Å². The van der Waals surface area contributed by atoms with Gasteiger partial charge < -0.3 is 10.1 Å². The molecule has 1 N–H and O–H groups in total. The van der Waals surface area contributed by atoms with E-state index in [9.17, 15) is 0 Å². The van der Waals surface area contributed by atoms with E-state index >= 15 is 0 Å². The van der Waals surface area contributed by atoms with Crippen LogP contribution in [0.4, 0.5) is 5.69 Å². The predicted molar refractivity (Wildman–Crippen MR) is 86.5 cm³/mol. The lowest BCUT2D eigenvalue weighted by Gasteiger charge is -2.19. The topological polar surface area (TPSA) is 21.3 Å². The summed E-state index contributed by atoms with van der Waals surface area (Å²) in [4.78, 5) is 0. The summed E-state index contributed by atoms with van der Waals surface area (Å²) in [6.45, 7) is 2.00. The number of halogens is 3. The minimum absolute atomic E-state index is 0.0337. The molecule has 0 aliphatic carbocycles. The van der Waals surface area contributed by atoms with Gasteiger partial charge in [-0.1, -0.05) is 46.9 Å². The maximum atomic E-state index is 6.23. The Balaban J connectivity index is 2.30. The van der Waals surface area contributed by atoms with Gasteiger partial charge in [0.05, 0.1) is 28.9 Å². The van der Waals surface area contributed by atoms with E-state index in [-0.39, 0.29) is 6.04 Å². The van der Waals surface area contributed by atoms with Crippen molar-refractivity contribution in [3.8, 4) is 5.75 Å². The lowest BCUT2D eigenvalue weighted by molar-refractivity contribution is 0.416. The summed E-state index contributed by atoms with van der Waals surface area (Å²) in [5, 5.41) is 5.06. The second-order valence-corrected chi connectivity index (χ2v) is 5.58. The Hall–Kier alpha value is -1.09. The molecule has 0 amide bonds. The average Bonchev–Trinajstić information content (AvgIpc) is 2.42. The van der Waals surface area contributed by atoms with Crippen LogP contribution in [0.5, 0.6) is 5.75 Å². The molecule has 0 saturated carbocycles. The first-order chi connectivity index (χ1) is 9.52. The summed E-state index contributed by atoms with van der Waals surface area (Å²) in [7, 11) is 1.62. The van der Waals surface area contributed by atoms with Crippen molar-refractivity contribution in [2.24, 2.45) is 0 Å². The molecule has 1 atom stereocenters. The van der Waals surface area contributed by atoms with E-state index in [4.69, 9.17) is 39.5 Å². The highest BCUT2D eigenvalue weighted by atomic mass is 35.5. The summed E-state index contributed by atoms with van der Waals surface area (Å²) in [5.41, 5.74) is 1.73. The lowest BCUT2D eigenvalue weighted by Crippen LogP contribution is -2.08. The number of rotatable bonds is 4. The van der Waals surface area contributed by atoms with Crippen molar-refractivity contribution >= 4 is 40.5 Å². The van der Waals surface area contributed by atoms with Crippen LogP contribution in [-0.2, 0) is 0 Å². The third-order valence-electron chi connectivity index (χ3n) is 2.98.